The van der Waals surface area contributed by atoms with Crippen molar-refractivity contribution in [1.82, 2.24) is 0 Å². The number of hydrogen-bond donors (Lipinski definition) is 0. The van der Waals surface area contributed by atoms with Gasteiger partial charge in [0.15, 0.2) is 17.3 Å². The van der Waals surface area contributed by atoms with Crippen LogP contribution in [0.25, 0.3) is 0 Å². The second kappa shape index (κ2) is 6.13. The minimum atomic E-state index is -0.530. The molecule has 0 N–H and O–H groups in total. The van der Waals surface area contributed by atoms with Crippen molar-refractivity contribution in [2.24, 2.45) is 0 Å². The van der Waals surface area contributed by atoms with Crippen molar-refractivity contribution in [2.75, 3.05) is 7.11 Å². The Morgan fingerprint density at radius 2 is 1.95 bits per heavy atom. The zero-order chi connectivity index (χ0) is 14.7. The highest BCUT2D eigenvalue weighted by molar-refractivity contribution is 9.10. The fourth-order valence-corrected chi connectivity index (χ4v) is 2.35. The lowest BCUT2D eigenvalue weighted by Crippen LogP contribution is -2.05. The zero-order valence-corrected chi connectivity index (χ0v) is 12.2. The number of Topliss-reactive ketones (excluding diaryl/α,β-unsaturated/α-hetero) is 1. The molecule has 0 amide bonds. The average Bonchev–Trinajstić information content (AvgIpc) is 2.37. The molecule has 0 atom stereocenters. The first-order valence-electron chi connectivity index (χ1n) is 5.81. The van der Waals surface area contributed by atoms with Gasteiger partial charge in [0, 0.05) is 16.5 Å². The molecular formula is C15H11BrF2O2. The minimum Gasteiger partial charge on any atom is -0.494 e. The number of hydrogen-bond acceptors (Lipinski definition) is 2. The second-order valence-electron chi connectivity index (χ2n) is 4.23. The van der Waals surface area contributed by atoms with E-state index in [-0.39, 0.29) is 18.0 Å². The minimum absolute atomic E-state index is 0.0104. The van der Waals surface area contributed by atoms with Gasteiger partial charge >= 0.3 is 0 Å². The Kier molecular flexibility index (Phi) is 4.49. The number of carbonyl (C=O) groups is 1. The number of ketones is 1. The molecule has 0 aliphatic carbocycles. The SMILES string of the molecule is COc1cc(C(=O)Cc2cc(F)cc(Br)c2)ccc1F. The first-order valence-corrected chi connectivity index (χ1v) is 6.60. The first kappa shape index (κ1) is 14.7. The van der Waals surface area contributed by atoms with Gasteiger partial charge in [-0.05, 0) is 42.0 Å². The summed E-state index contributed by atoms with van der Waals surface area (Å²) in [5.41, 5.74) is 0.869. The molecule has 0 aliphatic heterocycles. The highest BCUT2D eigenvalue weighted by atomic mass is 79.9. The predicted molar refractivity (Wildman–Crippen MR) is 75.1 cm³/mol. The third kappa shape index (κ3) is 3.42. The molecule has 0 unspecified atom stereocenters. The van der Waals surface area contributed by atoms with Crippen molar-refractivity contribution >= 4 is 21.7 Å². The molecule has 0 radical (unpaired) electrons. The van der Waals surface area contributed by atoms with Crippen molar-refractivity contribution in [3.05, 3.63) is 63.6 Å². The molecule has 0 heterocycles. The summed E-state index contributed by atoms with van der Waals surface area (Å²) in [6.07, 6.45) is 0.0329. The maximum absolute atomic E-state index is 13.3. The Morgan fingerprint density at radius 3 is 2.60 bits per heavy atom. The van der Waals surface area contributed by atoms with Crippen LogP contribution < -0.4 is 4.74 Å². The fourth-order valence-electron chi connectivity index (χ4n) is 1.83. The van der Waals surface area contributed by atoms with E-state index in [0.717, 1.165) is 0 Å². The lowest BCUT2D eigenvalue weighted by atomic mass is 10.0. The Bertz CT molecular complexity index is 636. The maximum atomic E-state index is 13.3. The van der Waals surface area contributed by atoms with Crippen molar-refractivity contribution in [3.8, 4) is 5.75 Å². The molecule has 104 valence electrons. The zero-order valence-electron chi connectivity index (χ0n) is 10.6. The second-order valence-corrected chi connectivity index (χ2v) is 5.14. The Balaban J connectivity index is 2.23. The van der Waals surface area contributed by atoms with E-state index < -0.39 is 11.6 Å². The number of rotatable bonds is 4. The van der Waals surface area contributed by atoms with Crippen LogP contribution in [0, 0.1) is 11.6 Å². The Labute approximate surface area is 123 Å². The van der Waals surface area contributed by atoms with Gasteiger partial charge in [-0.3, -0.25) is 4.79 Å². The summed E-state index contributed by atoms with van der Waals surface area (Å²) in [5, 5.41) is 0. The van der Waals surface area contributed by atoms with Crippen LogP contribution >= 0.6 is 15.9 Å². The van der Waals surface area contributed by atoms with Crippen LogP contribution in [0.4, 0.5) is 8.78 Å². The van der Waals surface area contributed by atoms with Gasteiger partial charge in [-0.25, -0.2) is 8.78 Å². The molecule has 0 saturated heterocycles. The van der Waals surface area contributed by atoms with Gasteiger partial charge in [0.05, 0.1) is 7.11 Å². The fraction of sp³-hybridized carbons (Fsp3) is 0.133. The lowest BCUT2D eigenvalue weighted by molar-refractivity contribution is 0.0992. The first-order chi connectivity index (χ1) is 9.49. The molecule has 0 saturated carbocycles. The molecule has 0 aliphatic rings. The largest absolute Gasteiger partial charge is 0.494 e. The molecular weight excluding hydrogens is 330 g/mol. The Hall–Kier alpha value is -1.75. The summed E-state index contributed by atoms with van der Waals surface area (Å²) in [6, 6.07) is 8.17. The molecule has 2 rings (SSSR count). The van der Waals surface area contributed by atoms with Crippen LogP contribution in [0.1, 0.15) is 15.9 Å². The van der Waals surface area contributed by atoms with E-state index in [4.69, 9.17) is 4.74 Å². The topological polar surface area (TPSA) is 26.3 Å². The number of halogens is 3. The van der Waals surface area contributed by atoms with E-state index >= 15 is 0 Å². The van der Waals surface area contributed by atoms with E-state index in [1.807, 2.05) is 0 Å². The van der Waals surface area contributed by atoms with Gasteiger partial charge in [-0.15, -0.1) is 0 Å². The van der Waals surface area contributed by atoms with Crippen LogP contribution in [0.5, 0.6) is 5.75 Å². The van der Waals surface area contributed by atoms with Crippen molar-refractivity contribution in [2.45, 2.75) is 6.42 Å². The smallest absolute Gasteiger partial charge is 0.167 e. The summed E-state index contributed by atoms with van der Waals surface area (Å²) in [4.78, 5) is 12.1. The maximum Gasteiger partial charge on any atom is 0.167 e. The number of methoxy groups -OCH3 is 1. The van der Waals surface area contributed by atoms with Gasteiger partial charge in [0.1, 0.15) is 5.82 Å². The summed E-state index contributed by atoms with van der Waals surface area (Å²) in [7, 11) is 1.33. The molecule has 0 fully saturated rings. The monoisotopic (exact) mass is 340 g/mol. The summed E-state index contributed by atoms with van der Waals surface area (Å²) in [5.74, 6) is -1.17. The van der Waals surface area contributed by atoms with Crippen LogP contribution in [-0.4, -0.2) is 12.9 Å². The van der Waals surface area contributed by atoms with Gasteiger partial charge in [0.25, 0.3) is 0 Å². The normalized spacial score (nSPS) is 10.4. The Morgan fingerprint density at radius 1 is 1.20 bits per heavy atom. The average molecular weight is 341 g/mol. The van der Waals surface area contributed by atoms with Crippen LogP contribution in [-0.2, 0) is 6.42 Å². The molecule has 2 nitrogen and oxygen atoms in total. The van der Waals surface area contributed by atoms with E-state index in [1.165, 1.54) is 37.4 Å². The number of ether oxygens (including phenoxy) is 1. The van der Waals surface area contributed by atoms with Crippen LogP contribution in [0.3, 0.4) is 0 Å². The molecule has 2 aromatic rings. The molecule has 0 bridgehead atoms. The lowest BCUT2D eigenvalue weighted by Gasteiger charge is -2.06. The number of carbonyl (C=O) groups excluding carboxylic acids is 1. The van der Waals surface area contributed by atoms with E-state index in [1.54, 1.807) is 6.07 Å². The van der Waals surface area contributed by atoms with E-state index in [2.05, 4.69) is 15.9 Å². The van der Waals surface area contributed by atoms with E-state index in [9.17, 15) is 13.6 Å². The number of benzene rings is 2. The van der Waals surface area contributed by atoms with Crippen LogP contribution in [0.15, 0.2) is 40.9 Å². The molecule has 20 heavy (non-hydrogen) atoms. The van der Waals surface area contributed by atoms with Gasteiger partial charge < -0.3 is 4.74 Å². The van der Waals surface area contributed by atoms with Gasteiger partial charge in [-0.2, -0.15) is 0 Å². The summed E-state index contributed by atoms with van der Waals surface area (Å²) >= 11 is 3.17. The van der Waals surface area contributed by atoms with Gasteiger partial charge in [-0.1, -0.05) is 15.9 Å². The predicted octanol–water partition coefficient (Wildman–Crippen LogP) is 4.16. The van der Waals surface area contributed by atoms with Gasteiger partial charge in [0.2, 0.25) is 0 Å². The van der Waals surface area contributed by atoms with Crippen molar-refractivity contribution in [1.29, 1.82) is 0 Å². The third-order valence-electron chi connectivity index (χ3n) is 2.76. The quantitative estimate of drug-likeness (QED) is 0.781. The molecule has 0 aromatic heterocycles. The standard InChI is InChI=1S/C15H11BrF2O2/c1-20-15-7-10(2-3-13(15)18)14(19)6-9-4-11(16)8-12(17)5-9/h2-5,7-8H,6H2,1H3. The highest BCUT2D eigenvalue weighted by Gasteiger charge is 2.12. The van der Waals surface area contributed by atoms with E-state index in [0.29, 0.717) is 15.6 Å². The third-order valence-corrected chi connectivity index (χ3v) is 3.22. The highest BCUT2D eigenvalue weighted by Crippen LogP contribution is 2.21. The summed E-state index contributed by atoms with van der Waals surface area (Å²) in [6.45, 7) is 0. The molecule has 5 heteroatoms. The van der Waals surface area contributed by atoms with Crippen molar-refractivity contribution < 1.29 is 18.3 Å². The summed E-state index contributed by atoms with van der Waals surface area (Å²) < 4.78 is 31.9. The van der Waals surface area contributed by atoms with Crippen LogP contribution in [0.2, 0.25) is 0 Å². The molecule has 0 spiro atoms. The van der Waals surface area contributed by atoms with Crippen molar-refractivity contribution in [3.63, 3.8) is 0 Å². The molecule has 2 aromatic carbocycles.